The first-order valence-corrected chi connectivity index (χ1v) is 6.41. The first-order valence-electron chi connectivity index (χ1n) is 4.92. The molecule has 1 atom stereocenters. The predicted octanol–water partition coefficient (Wildman–Crippen LogP) is 0.178. The Hall–Kier alpha value is 0.0700. The molecule has 0 spiro atoms. The Kier molecular flexibility index (Phi) is 3.88. The van der Waals surface area contributed by atoms with Crippen LogP contribution in [-0.4, -0.2) is 45.8 Å². The van der Waals surface area contributed by atoms with Crippen LogP contribution in [0.4, 0.5) is 0 Å². The molecule has 0 bridgehead atoms. The summed E-state index contributed by atoms with van der Waals surface area (Å²) in [4.78, 5) is 2.38. The molecule has 1 fully saturated rings. The third-order valence-corrected chi connectivity index (χ3v) is 4.42. The summed E-state index contributed by atoms with van der Waals surface area (Å²) in [6, 6.07) is 0. The fourth-order valence-corrected chi connectivity index (χ4v) is 2.73. The van der Waals surface area contributed by atoms with Gasteiger partial charge in [0.2, 0.25) is 0 Å². The van der Waals surface area contributed by atoms with Crippen molar-refractivity contribution in [1.29, 1.82) is 0 Å². The van der Waals surface area contributed by atoms with Crippen molar-refractivity contribution >= 4 is 10.8 Å². The largest absolute Gasteiger partial charge is 0.329 e. The van der Waals surface area contributed by atoms with Gasteiger partial charge in [-0.15, -0.1) is 0 Å². The highest BCUT2D eigenvalue weighted by Crippen LogP contribution is 2.19. The van der Waals surface area contributed by atoms with Crippen LogP contribution in [-0.2, 0) is 10.8 Å². The van der Waals surface area contributed by atoms with Crippen LogP contribution in [0.25, 0.3) is 0 Å². The highest BCUT2D eigenvalue weighted by atomic mass is 32.2. The smallest absolute Gasteiger partial charge is 0.0363 e. The molecule has 1 rings (SSSR count). The number of rotatable bonds is 3. The fraction of sp³-hybridized carbons (Fsp3) is 1.00. The molecule has 1 saturated heterocycles. The van der Waals surface area contributed by atoms with E-state index < -0.39 is 10.8 Å². The molecule has 0 radical (unpaired) electrons. The zero-order chi connectivity index (χ0) is 9.90. The van der Waals surface area contributed by atoms with Gasteiger partial charge in [-0.05, 0) is 13.3 Å². The highest BCUT2D eigenvalue weighted by Gasteiger charge is 2.30. The van der Waals surface area contributed by atoms with E-state index in [0.717, 1.165) is 31.0 Å². The van der Waals surface area contributed by atoms with Crippen molar-refractivity contribution in [3.63, 3.8) is 0 Å². The zero-order valence-corrected chi connectivity index (χ0v) is 9.40. The zero-order valence-electron chi connectivity index (χ0n) is 8.58. The van der Waals surface area contributed by atoms with Gasteiger partial charge in [-0.1, -0.05) is 6.92 Å². The lowest BCUT2D eigenvalue weighted by molar-refractivity contribution is 0.118. The van der Waals surface area contributed by atoms with Crippen molar-refractivity contribution < 1.29 is 4.21 Å². The van der Waals surface area contributed by atoms with E-state index in [9.17, 15) is 4.21 Å². The molecule has 1 aliphatic heterocycles. The van der Waals surface area contributed by atoms with Gasteiger partial charge in [0.25, 0.3) is 0 Å². The molecule has 1 unspecified atom stereocenters. The lowest BCUT2D eigenvalue weighted by Crippen LogP contribution is -2.55. The lowest BCUT2D eigenvalue weighted by atomic mass is 9.96. The molecule has 0 amide bonds. The summed E-state index contributed by atoms with van der Waals surface area (Å²) >= 11 is 0. The summed E-state index contributed by atoms with van der Waals surface area (Å²) in [5.41, 5.74) is 5.88. The summed E-state index contributed by atoms with van der Waals surface area (Å²) in [5, 5.41) is 0. The molecule has 0 aromatic rings. The van der Waals surface area contributed by atoms with Gasteiger partial charge in [0.1, 0.15) is 0 Å². The van der Waals surface area contributed by atoms with Gasteiger partial charge in [0.05, 0.1) is 0 Å². The molecule has 0 aromatic heterocycles. The minimum atomic E-state index is -0.582. The standard InChI is InChI=1S/C9H20N2OS/c1-3-9(2,8-10)11-4-6-13(12)7-5-11/h3-8,10H2,1-2H3. The van der Waals surface area contributed by atoms with Gasteiger partial charge >= 0.3 is 0 Å². The predicted molar refractivity (Wildman–Crippen MR) is 57.2 cm³/mol. The first-order chi connectivity index (χ1) is 6.12. The van der Waals surface area contributed by atoms with Gasteiger partial charge in [-0.3, -0.25) is 9.11 Å². The van der Waals surface area contributed by atoms with Crippen molar-refractivity contribution in [2.75, 3.05) is 31.1 Å². The van der Waals surface area contributed by atoms with Crippen LogP contribution in [0, 0.1) is 0 Å². The number of nitrogens with zero attached hydrogens (tertiary/aromatic N) is 1. The van der Waals surface area contributed by atoms with Gasteiger partial charge in [-0.25, -0.2) is 0 Å². The Bertz CT molecular complexity index is 182. The average molecular weight is 204 g/mol. The van der Waals surface area contributed by atoms with E-state index in [1.807, 2.05) is 0 Å². The molecular formula is C9H20N2OS. The van der Waals surface area contributed by atoms with Crippen molar-refractivity contribution in [3.8, 4) is 0 Å². The van der Waals surface area contributed by atoms with Crippen molar-refractivity contribution in [1.82, 2.24) is 4.90 Å². The molecule has 0 saturated carbocycles. The molecule has 2 N–H and O–H groups in total. The quantitative estimate of drug-likeness (QED) is 0.713. The highest BCUT2D eigenvalue weighted by molar-refractivity contribution is 7.85. The third-order valence-electron chi connectivity index (χ3n) is 3.14. The summed E-state index contributed by atoms with van der Waals surface area (Å²) < 4.78 is 11.2. The summed E-state index contributed by atoms with van der Waals surface area (Å²) in [7, 11) is -0.582. The monoisotopic (exact) mass is 204 g/mol. The number of hydrogen-bond acceptors (Lipinski definition) is 3. The normalized spacial score (nSPS) is 25.8. The van der Waals surface area contributed by atoms with E-state index in [1.54, 1.807) is 0 Å². The van der Waals surface area contributed by atoms with Gasteiger partial charge in [-0.2, -0.15) is 0 Å². The maximum Gasteiger partial charge on any atom is 0.0363 e. The Morgan fingerprint density at radius 1 is 1.46 bits per heavy atom. The molecule has 1 heterocycles. The van der Waals surface area contributed by atoms with Gasteiger partial charge in [0.15, 0.2) is 0 Å². The van der Waals surface area contributed by atoms with E-state index in [2.05, 4.69) is 18.7 Å². The average Bonchev–Trinajstić information content (AvgIpc) is 2.18. The lowest BCUT2D eigenvalue weighted by Gasteiger charge is -2.42. The van der Waals surface area contributed by atoms with E-state index in [-0.39, 0.29) is 5.54 Å². The molecule has 4 heteroatoms. The van der Waals surface area contributed by atoms with Crippen LogP contribution in [0.1, 0.15) is 20.3 Å². The van der Waals surface area contributed by atoms with E-state index >= 15 is 0 Å². The minimum Gasteiger partial charge on any atom is -0.329 e. The van der Waals surface area contributed by atoms with Crippen LogP contribution in [0.15, 0.2) is 0 Å². The Labute approximate surface area is 83.1 Å². The summed E-state index contributed by atoms with van der Waals surface area (Å²) in [6.07, 6.45) is 1.07. The molecule has 13 heavy (non-hydrogen) atoms. The first kappa shape index (κ1) is 11.1. The van der Waals surface area contributed by atoms with Crippen LogP contribution in [0.5, 0.6) is 0 Å². The second-order valence-corrected chi connectivity index (χ2v) is 5.59. The number of hydrogen-bond donors (Lipinski definition) is 1. The molecule has 0 aliphatic carbocycles. The molecule has 78 valence electrons. The fourth-order valence-electron chi connectivity index (χ4n) is 1.67. The van der Waals surface area contributed by atoms with Crippen LogP contribution >= 0.6 is 0 Å². The summed E-state index contributed by atoms with van der Waals surface area (Å²) in [5.74, 6) is 1.63. The third kappa shape index (κ3) is 2.51. The van der Waals surface area contributed by atoms with E-state index in [0.29, 0.717) is 6.54 Å². The molecule has 1 aliphatic rings. The second kappa shape index (κ2) is 4.53. The number of nitrogens with two attached hydrogens (primary N) is 1. The maximum absolute atomic E-state index is 11.2. The van der Waals surface area contributed by atoms with Gasteiger partial charge < -0.3 is 5.73 Å². The Balaban J connectivity index is 2.55. The van der Waals surface area contributed by atoms with Gasteiger partial charge in [0, 0.05) is 47.5 Å². The molecular weight excluding hydrogens is 184 g/mol. The molecule has 3 nitrogen and oxygen atoms in total. The van der Waals surface area contributed by atoms with E-state index in [4.69, 9.17) is 5.73 Å². The van der Waals surface area contributed by atoms with Crippen LogP contribution in [0.2, 0.25) is 0 Å². The van der Waals surface area contributed by atoms with Crippen molar-refractivity contribution in [2.24, 2.45) is 5.73 Å². The molecule has 0 aromatic carbocycles. The topological polar surface area (TPSA) is 46.3 Å². The Morgan fingerprint density at radius 3 is 2.38 bits per heavy atom. The second-order valence-electron chi connectivity index (χ2n) is 3.89. The van der Waals surface area contributed by atoms with Crippen LogP contribution < -0.4 is 5.73 Å². The SMILES string of the molecule is CCC(C)(CN)N1CCS(=O)CC1. The minimum absolute atomic E-state index is 0.116. The van der Waals surface area contributed by atoms with Crippen molar-refractivity contribution in [3.05, 3.63) is 0 Å². The van der Waals surface area contributed by atoms with E-state index in [1.165, 1.54) is 0 Å². The summed E-state index contributed by atoms with van der Waals surface area (Å²) in [6.45, 7) is 6.93. The Morgan fingerprint density at radius 2 is 2.00 bits per heavy atom. The maximum atomic E-state index is 11.2. The van der Waals surface area contributed by atoms with Crippen LogP contribution in [0.3, 0.4) is 0 Å². The van der Waals surface area contributed by atoms with Crippen molar-refractivity contribution in [2.45, 2.75) is 25.8 Å².